The first-order chi connectivity index (χ1) is 9.33. The van der Waals surface area contributed by atoms with Crippen LogP contribution in [-0.2, 0) is 0 Å². The van der Waals surface area contributed by atoms with Crippen LogP contribution < -0.4 is 10.1 Å². The summed E-state index contributed by atoms with van der Waals surface area (Å²) in [5.74, 6) is 0.752. The zero-order chi connectivity index (χ0) is 13.5. The topological polar surface area (TPSA) is 72.1 Å². The van der Waals surface area contributed by atoms with Crippen molar-refractivity contribution in [3.05, 3.63) is 29.8 Å². The molecular weight excluding hydrogens is 240 g/mol. The zero-order valence-electron chi connectivity index (χ0n) is 10.7. The summed E-state index contributed by atoms with van der Waals surface area (Å²) in [5, 5.41) is 20.9. The summed E-state index contributed by atoms with van der Waals surface area (Å²) >= 11 is 0. The van der Waals surface area contributed by atoms with Gasteiger partial charge >= 0.3 is 0 Å². The number of ether oxygens (including phenoxy) is 1. The molecule has 1 N–H and O–H groups in total. The summed E-state index contributed by atoms with van der Waals surface area (Å²) in [4.78, 5) is 2.13. The number of nitrogens with zero attached hydrogens (tertiary/aromatic N) is 3. The van der Waals surface area contributed by atoms with Gasteiger partial charge in [0, 0.05) is 26.2 Å². The van der Waals surface area contributed by atoms with Gasteiger partial charge in [0.15, 0.2) is 0 Å². The molecule has 2 rings (SSSR count). The van der Waals surface area contributed by atoms with E-state index in [1.54, 1.807) is 24.3 Å². The largest absolute Gasteiger partial charge is 0.492 e. The fourth-order valence-corrected chi connectivity index (χ4v) is 2.05. The lowest BCUT2D eigenvalue weighted by Crippen LogP contribution is -2.51. The number of piperazine rings is 1. The van der Waals surface area contributed by atoms with E-state index in [0.29, 0.717) is 18.7 Å². The van der Waals surface area contributed by atoms with Crippen LogP contribution in [0, 0.1) is 22.7 Å². The van der Waals surface area contributed by atoms with Gasteiger partial charge in [-0.05, 0) is 24.3 Å². The lowest BCUT2D eigenvalue weighted by atomic mass is 10.2. The average molecular weight is 256 g/mol. The number of nitrogens with one attached hydrogen (secondary N) is 1. The molecule has 1 aliphatic heterocycles. The highest BCUT2D eigenvalue weighted by atomic mass is 16.5. The standard InChI is InChI=1S/C14H16N4O/c15-9-12-1-3-14(4-2-12)19-8-7-18-6-5-17-11-13(18)10-16/h1-4,13,17H,5-8,11H2. The molecule has 1 aromatic rings. The molecule has 1 fully saturated rings. The molecule has 1 aromatic carbocycles. The number of nitriles is 2. The van der Waals surface area contributed by atoms with E-state index < -0.39 is 0 Å². The van der Waals surface area contributed by atoms with E-state index in [1.807, 2.05) is 0 Å². The molecule has 1 unspecified atom stereocenters. The molecule has 0 aliphatic carbocycles. The molecule has 1 atom stereocenters. The molecule has 0 amide bonds. The summed E-state index contributed by atoms with van der Waals surface area (Å²) in [7, 11) is 0. The normalized spacial score (nSPS) is 19.4. The first kappa shape index (κ1) is 13.4. The summed E-state index contributed by atoms with van der Waals surface area (Å²) in [6, 6.07) is 11.3. The van der Waals surface area contributed by atoms with E-state index in [-0.39, 0.29) is 6.04 Å². The molecule has 1 heterocycles. The number of hydrogen-bond donors (Lipinski definition) is 1. The van der Waals surface area contributed by atoms with Crippen LogP contribution in [0.15, 0.2) is 24.3 Å². The van der Waals surface area contributed by atoms with Gasteiger partial charge in [-0.2, -0.15) is 10.5 Å². The van der Waals surface area contributed by atoms with Crippen LogP contribution in [0.2, 0.25) is 0 Å². The van der Waals surface area contributed by atoms with Crippen molar-refractivity contribution in [3.8, 4) is 17.9 Å². The van der Waals surface area contributed by atoms with Crippen molar-refractivity contribution in [2.75, 3.05) is 32.8 Å². The van der Waals surface area contributed by atoms with Crippen LogP contribution in [-0.4, -0.2) is 43.7 Å². The van der Waals surface area contributed by atoms with Gasteiger partial charge in [0.2, 0.25) is 0 Å². The van der Waals surface area contributed by atoms with Crippen molar-refractivity contribution in [1.82, 2.24) is 10.2 Å². The van der Waals surface area contributed by atoms with E-state index in [9.17, 15) is 0 Å². The Labute approximate surface area is 113 Å². The van der Waals surface area contributed by atoms with E-state index in [2.05, 4.69) is 22.4 Å². The fraction of sp³-hybridized carbons (Fsp3) is 0.429. The summed E-state index contributed by atoms with van der Waals surface area (Å²) < 4.78 is 5.62. The lowest BCUT2D eigenvalue weighted by Gasteiger charge is -2.31. The smallest absolute Gasteiger partial charge is 0.119 e. The van der Waals surface area contributed by atoms with Crippen molar-refractivity contribution in [2.45, 2.75) is 6.04 Å². The molecule has 19 heavy (non-hydrogen) atoms. The maximum Gasteiger partial charge on any atom is 0.119 e. The Morgan fingerprint density at radius 3 is 2.79 bits per heavy atom. The Kier molecular flexibility index (Phi) is 4.74. The number of benzene rings is 1. The quantitative estimate of drug-likeness (QED) is 0.860. The van der Waals surface area contributed by atoms with E-state index in [0.717, 1.165) is 25.4 Å². The highest BCUT2D eigenvalue weighted by Crippen LogP contribution is 2.11. The van der Waals surface area contributed by atoms with Gasteiger partial charge in [0.1, 0.15) is 18.4 Å². The van der Waals surface area contributed by atoms with Gasteiger partial charge < -0.3 is 10.1 Å². The third-order valence-corrected chi connectivity index (χ3v) is 3.13. The first-order valence-electron chi connectivity index (χ1n) is 6.31. The Hall–Kier alpha value is -2.08. The third kappa shape index (κ3) is 3.69. The Bertz CT molecular complexity index is 486. The maximum atomic E-state index is 9.03. The summed E-state index contributed by atoms with van der Waals surface area (Å²) in [6.07, 6.45) is 0. The Morgan fingerprint density at radius 1 is 1.32 bits per heavy atom. The minimum atomic E-state index is -0.0710. The second-order valence-corrected chi connectivity index (χ2v) is 4.37. The van der Waals surface area contributed by atoms with Gasteiger partial charge in [-0.15, -0.1) is 0 Å². The molecule has 0 aromatic heterocycles. The van der Waals surface area contributed by atoms with Crippen molar-refractivity contribution in [1.29, 1.82) is 10.5 Å². The Morgan fingerprint density at radius 2 is 2.11 bits per heavy atom. The second kappa shape index (κ2) is 6.75. The van der Waals surface area contributed by atoms with Crippen LogP contribution in [0.4, 0.5) is 0 Å². The second-order valence-electron chi connectivity index (χ2n) is 4.37. The van der Waals surface area contributed by atoms with E-state index in [4.69, 9.17) is 15.3 Å². The maximum absolute atomic E-state index is 9.03. The predicted molar refractivity (Wildman–Crippen MR) is 70.5 cm³/mol. The number of hydrogen-bond acceptors (Lipinski definition) is 5. The van der Waals surface area contributed by atoms with Gasteiger partial charge in [-0.25, -0.2) is 0 Å². The van der Waals surface area contributed by atoms with Crippen molar-refractivity contribution < 1.29 is 4.74 Å². The van der Waals surface area contributed by atoms with Crippen LogP contribution in [0.25, 0.3) is 0 Å². The van der Waals surface area contributed by atoms with Gasteiger partial charge in [-0.3, -0.25) is 4.90 Å². The minimum absolute atomic E-state index is 0.0710. The fourth-order valence-electron chi connectivity index (χ4n) is 2.05. The van der Waals surface area contributed by atoms with Gasteiger partial charge in [0.05, 0.1) is 17.7 Å². The molecular formula is C14H16N4O. The third-order valence-electron chi connectivity index (χ3n) is 3.13. The first-order valence-corrected chi connectivity index (χ1v) is 6.31. The monoisotopic (exact) mass is 256 g/mol. The highest BCUT2D eigenvalue weighted by Gasteiger charge is 2.20. The van der Waals surface area contributed by atoms with Crippen LogP contribution >= 0.6 is 0 Å². The molecule has 1 saturated heterocycles. The number of rotatable bonds is 4. The SMILES string of the molecule is N#Cc1ccc(OCCN2CCNCC2C#N)cc1. The zero-order valence-corrected chi connectivity index (χ0v) is 10.7. The van der Waals surface area contributed by atoms with Crippen LogP contribution in [0.5, 0.6) is 5.75 Å². The van der Waals surface area contributed by atoms with Crippen LogP contribution in [0.3, 0.4) is 0 Å². The highest BCUT2D eigenvalue weighted by molar-refractivity contribution is 5.34. The molecule has 0 bridgehead atoms. The van der Waals surface area contributed by atoms with Crippen molar-refractivity contribution in [2.24, 2.45) is 0 Å². The molecule has 0 saturated carbocycles. The van der Waals surface area contributed by atoms with Gasteiger partial charge in [-0.1, -0.05) is 0 Å². The van der Waals surface area contributed by atoms with Gasteiger partial charge in [0.25, 0.3) is 0 Å². The lowest BCUT2D eigenvalue weighted by molar-refractivity contribution is 0.161. The van der Waals surface area contributed by atoms with Crippen molar-refractivity contribution >= 4 is 0 Å². The molecule has 98 valence electrons. The molecule has 0 spiro atoms. The van der Waals surface area contributed by atoms with E-state index >= 15 is 0 Å². The van der Waals surface area contributed by atoms with E-state index in [1.165, 1.54) is 0 Å². The average Bonchev–Trinajstić information content (AvgIpc) is 2.48. The predicted octanol–water partition coefficient (Wildman–Crippen LogP) is 0.734. The molecule has 1 aliphatic rings. The molecule has 5 heteroatoms. The van der Waals surface area contributed by atoms with Crippen molar-refractivity contribution in [3.63, 3.8) is 0 Å². The molecule has 0 radical (unpaired) electrons. The summed E-state index contributed by atoms with van der Waals surface area (Å²) in [6.45, 7) is 3.78. The molecule has 5 nitrogen and oxygen atoms in total. The van der Waals surface area contributed by atoms with Crippen LogP contribution in [0.1, 0.15) is 5.56 Å². The Balaban J connectivity index is 1.79. The summed E-state index contributed by atoms with van der Waals surface area (Å²) in [5.41, 5.74) is 0.624. The minimum Gasteiger partial charge on any atom is -0.492 e.